The van der Waals surface area contributed by atoms with E-state index in [1.54, 1.807) is 31.7 Å². The van der Waals surface area contributed by atoms with Crippen LogP contribution in [0.1, 0.15) is 98.2 Å². The number of ether oxygens (including phenoxy) is 1. The number of carbonyl (C=O) groups excluding carboxylic acids is 3. The Morgan fingerprint density at radius 2 is 1.75 bits per heavy atom. The van der Waals surface area contributed by atoms with Crippen molar-refractivity contribution in [2.45, 2.75) is 105 Å². The van der Waals surface area contributed by atoms with Gasteiger partial charge in [-0.3, -0.25) is 9.59 Å². The zero-order chi connectivity index (χ0) is 27.5. The molecular formula is C29H47N3O4. The second kappa shape index (κ2) is 14.7. The van der Waals surface area contributed by atoms with E-state index in [9.17, 15) is 14.4 Å². The molecule has 3 unspecified atom stereocenters. The number of rotatable bonds is 13. The normalized spacial score (nSPS) is 13.9. The van der Waals surface area contributed by atoms with E-state index in [-0.39, 0.29) is 30.4 Å². The fourth-order valence-corrected chi connectivity index (χ4v) is 4.03. The van der Waals surface area contributed by atoms with E-state index < -0.39 is 17.7 Å². The minimum absolute atomic E-state index is 0.0320. The monoisotopic (exact) mass is 501 g/mol. The summed E-state index contributed by atoms with van der Waals surface area (Å²) in [5.74, 6) is -0.131. The molecule has 1 aromatic rings. The van der Waals surface area contributed by atoms with E-state index >= 15 is 0 Å². The maximum atomic E-state index is 13.7. The Balaban J connectivity index is 3.40. The second-order valence-electron chi connectivity index (χ2n) is 11.0. The van der Waals surface area contributed by atoms with Crippen LogP contribution in [0.2, 0.25) is 0 Å². The third-order valence-electron chi connectivity index (χ3n) is 5.81. The molecule has 202 valence electrons. The molecule has 0 aromatic heterocycles. The molecule has 1 rings (SSSR count). The molecule has 3 atom stereocenters. The number of nitrogens with one attached hydrogen (secondary N) is 2. The minimum atomic E-state index is -0.848. The number of amides is 3. The summed E-state index contributed by atoms with van der Waals surface area (Å²) < 4.78 is 5.30. The molecule has 0 fully saturated rings. The Bertz CT molecular complexity index is 876. The third-order valence-corrected chi connectivity index (χ3v) is 5.81. The van der Waals surface area contributed by atoms with Gasteiger partial charge in [-0.25, -0.2) is 4.79 Å². The zero-order valence-corrected chi connectivity index (χ0v) is 23.5. The topological polar surface area (TPSA) is 87.7 Å². The molecule has 3 amide bonds. The minimum Gasteiger partial charge on any atom is -0.444 e. The summed E-state index contributed by atoms with van der Waals surface area (Å²) in [4.78, 5) is 41.2. The fourth-order valence-electron chi connectivity index (χ4n) is 4.03. The molecule has 7 nitrogen and oxygen atoms in total. The van der Waals surface area contributed by atoms with E-state index in [0.717, 1.165) is 31.2 Å². The number of benzene rings is 1. The maximum Gasteiger partial charge on any atom is 0.408 e. The van der Waals surface area contributed by atoms with E-state index in [2.05, 4.69) is 38.0 Å². The van der Waals surface area contributed by atoms with E-state index in [0.29, 0.717) is 11.5 Å². The first-order valence-electron chi connectivity index (χ1n) is 13.1. The lowest BCUT2D eigenvalue weighted by molar-refractivity contribution is -0.143. The Hall–Kier alpha value is -2.83. The molecule has 7 heteroatoms. The van der Waals surface area contributed by atoms with Crippen LogP contribution in [0.15, 0.2) is 30.8 Å². The highest BCUT2D eigenvalue weighted by molar-refractivity contribution is 5.91. The average Bonchev–Trinajstić information content (AvgIpc) is 2.78. The van der Waals surface area contributed by atoms with Crippen LogP contribution in [0.4, 0.5) is 4.79 Å². The lowest BCUT2D eigenvalue weighted by atomic mass is 9.96. The van der Waals surface area contributed by atoms with Crippen molar-refractivity contribution in [3.8, 4) is 0 Å². The van der Waals surface area contributed by atoms with Crippen LogP contribution < -0.4 is 10.6 Å². The van der Waals surface area contributed by atoms with Gasteiger partial charge in [0.1, 0.15) is 18.2 Å². The lowest BCUT2D eigenvalue weighted by Crippen LogP contribution is -2.52. The summed E-state index contributed by atoms with van der Waals surface area (Å²) in [5, 5.41) is 5.67. The molecule has 2 N–H and O–H groups in total. The van der Waals surface area contributed by atoms with Crippen LogP contribution in [0.5, 0.6) is 0 Å². The van der Waals surface area contributed by atoms with Crippen molar-refractivity contribution >= 4 is 24.0 Å². The van der Waals surface area contributed by atoms with Crippen molar-refractivity contribution in [3.63, 3.8) is 0 Å². The SMILES string of the molecule is C=Cc1cccc(C(C(=O)NC(C)CCC)N(C(=O)CNC(=O)OC(C)(C)C)C(C)CCC(C)C)c1. The van der Waals surface area contributed by atoms with Crippen molar-refractivity contribution < 1.29 is 19.1 Å². The van der Waals surface area contributed by atoms with Gasteiger partial charge in [0.15, 0.2) is 0 Å². The Morgan fingerprint density at radius 1 is 1.08 bits per heavy atom. The number of carbonyl (C=O) groups is 3. The number of alkyl carbamates (subject to hydrolysis) is 1. The van der Waals surface area contributed by atoms with Gasteiger partial charge in [-0.2, -0.15) is 0 Å². The predicted octanol–water partition coefficient (Wildman–Crippen LogP) is 5.85. The third kappa shape index (κ3) is 10.8. The van der Waals surface area contributed by atoms with Crippen molar-refractivity contribution in [2.24, 2.45) is 5.92 Å². The molecule has 0 spiro atoms. The largest absolute Gasteiger partial charge is 0.444 e. The Morgan fingerprint density at radius 3 is 2.31 bits per heavy atom. The Labute approximate surface area is 218 Å². The van der Waals surface area contributed by atoms with Crippen LogP contribution >= 0.6 is 0 Å². The van der Waals surface area contributed by atoms with Gasteiger partial charge in [-0.1, -0.05) is 58.0 Å². The van der Waals surface area contributed by atoms with Gasteiger partial charge in [0.05, 0.1) is 0 Å². The van der Waals surface area contributed by atoms with Gasteiger partial charge >= 0.3 is 6.09 Å². The van der Waals surface area contributed by atoms with Crippen LogP contribution in [0.25, 0.3) is 6.08 Å². The first-order chi connectivity index (χ1) is 16.8. The van der Waals surface area contributed by atoms with Gasteiger partial charge < -0.3 is 20.3 Å². The number of hydrogen-bond donors (Lipinski definition) is 2. The molecule has 0 aliphatic heterocycles. The molecule has 0 bridgehead atoms. The first kappa shape index (κ1) is 31.2. The van der Waals surface area contributed by atoms with Crippen LogP contribution in [-0.4, -0.2) is 47.0 Å². The Kier molecular flexibility index (Phi) is 12.7. The first-order valence-corrected chi connectivity index (χ1v) is 13.1. The van der Waals surface area contributed by atoms with Crippen molar-refractivity contribution in [1.82, 2.24) is 15.5 Å². The standard InChI is InChI=1S/C29H47N3O4/c1-10-13-21(5)31-27(34)26(24-15-12-14-23(11-2)18-24)32(22(6)17-16-20(3)4)25(33)19-30-28(35)36-29(7,8)9/h11-12,14-15,18,20-22,26H,2,10,13,16-17,19H2,1,3-9H3,(H,30,35)(H,31,34). The molecule has 0 saturated heterocycles. The van der Waals surface area contributed by atoms with Gasteiger partial charge in [0.2, 0.25) is 11.8 Å². The van der Waals surface area contributed by atoms with E-state index in [1.807, 2.05) is 38.1 Å². The van der Waals surface area contributed by atoms with Crippen LogP contribution in [0.3, 0.4) is 0 Å². The molecule has 0 aliphatic rings. The van der Waals surface area contributed by atoms with E-state index in [4.69, 9.17) is 4.74 Å². The molecule has 1 aromatic carbocycles. The molecular weight excluding hydrogens is 454 g/mol. The van der Waals surface area contributed by atoms with Gasteiger partial charge in [-0.05, 0) is 77.0 Å². The molecule has 36 heavy (non-hydrogen) atoms. The van der Waals surface area contributed by atoms with E-state index in [1.165, 1.54) is 0 Å². The maximum absolute atomic E-state index is 13.7. The summed E-state index contributed by atoms with van der Waals surface area (Å²) >= 11 is 0. The quantitative estimate of drug-likeness (QED) is 0.355. The number of hydrogen-bond acceptors (Lipinski definition) is 4. The number of nitrogens with zero attached hydrogens (tertiary/aromatic N) is 1. The van der Waals surface area contributed by atoms with Crippen molar-refractivity contribution in [1.29, 1.82) is 0 Å². The average molecular weight is 502 g/mol. The summed E-state index contributed by atoms with van der Waals surface area (Å²) in [6.07, 6.45) is 4.45. The van der Waals surface area contributed by atoms with Crippen molar-refractivity contribution in [3.05, 3.63) is 42.0 Å². The summed E-state index contributed by atoms with van der Waals surface area (Å²) in [7, 11) is 0. The zero-order valence-electron chi connectivity index (χ0n) is 23.5. The van der Waals surface area contributed by atoms with Crippen LogP contribution in [0, 0.1) is 5.92 Å². The fraction of sp³-hybridized carbons (Fsp3) is 0.621. The predicted molar refractivity (Wildman–Crippen MR) is 146 cm³/mol. The van der Waals surface area contributed by atoms with Gasteiger partial charge in [0, 0.05) is 12.1 Å². The molecule has 0 saturated carbocycles. The highest BCUT2D eigenvalue weighted by Crippen LogP contribution is 2.28. The van der Waals surface area contributed by atoms with Gasteiger partial charge in [0.25, 0.3) is 0 Å². The highest BCUT2D eigenvalue weighted by Gasteiger charge is 2.35. The molecule has 0 heterocycles. The van der Waals surface area contributed by atoms with Crippen LogP contribution in [-0.2, 0) is 14.3 Å². The highest BCUT2D eigenvalue weighted by atomic mass is 16.6. The second-order valence-corrected chi connectivity index (χ2v) is 11.0. The molecule has 0 radical (unpaired) electrons. The smallest absolute Gasteiger partial charge is 0.408 e. The summed E-state index contributed by atoms with van der Waals surface area (Å²) in [5.41, 5.74) is 0.886. The molecule has 0 aliphatic carbocycles. The van der Waals surface area contributed by atoms with Crippen molar-refractivity contribution in [2.75, 3.05) is 6.54 Å². The lowest BCUT2D eigenvalue weighted by Gasteiger charge is -2.37. The van der Waals surface area contributed by atoms with Gasteiger partial charge in [-0.15, -0.1) is 0 Å². The summed E-state index contributed by atoms with van der Waals surface area (Å²) in [6, 6.07) is 6.41. The summed E-state index contributed by atoms with van der Waals surface area (Å²) in [6.45, 7) is 19.1.